The van der Waals surface area contributed by atoms with Crippen molar-refractivity contribution in [2.75, 3.05) is 20.3 Å². The van der Waals surface area contributed by atoms with Crippen LogP contribution in [0.3, 0.4) is 0 Å². The van der Waals surface area contributed by atoms with Crippen LogP contribution in [0, 0.1) is 0 Å². The van der Waals surface area contributed by atoms with Gasteiger partial charge in [-0.15, -0.1) is 0 Å². The molecule has 6 nitrogen and oxygen atoms in total. The minimum atomic E-state index is -1.56. The second-order valence-corrected chi connectivity index (χ2v) is 2.03. The number of rotatable bonds is 6. The molecule has 76 valence electrons. The summed E-state index contributed by atoms with van der Waals surface area (Å²) in [7, 11) is 1.13. The Morgan fingerprint density at radius 2 is 2.08 bits per heavy atom. The number of carbonyl (C=O) groups is 2. The van der Waals surface area contributed by atoms with E-state index < -0.39 is 18.2 Å². The lowest BCUT2D eigenvalue weighted by molar-refractivity contribution is -0.194. The van der Waals surface area contributed by atoms with Crippen molar-refractivity contribution >= 4 is 11.9 Å². The van der Waals surface area contributed by atoms with Gasteiger partial charge in [0.15, 0.2) is 0 Å². The van der Waals surface area contributed by atoms with E-state index in [0.717, 1.165) is 7.11 Å². The van der Waals surface area contributed by atoms with Gasteiger partial charge in [0, 0.05) is 13.7 Å². The Kier molecular flexibility index (Phi) is 5.82. The molecule has 0 heterocycles. The van der Waals surface area contributed by atoms with Crippen molar-refractivity contribution in [2.45, 2.75) is 13.2 Å². The molecule has 0 aromatic heterocycles. The van der Waals surface area contributed by atoms with Crippen LogP contribution in [-0.4, -0.2) is 43.7 Å². The van der Waals surface area contributed by atoms with Crippen molar-refractivity contribution in [3.05, 3.63) is 0 Å². The first-order valence-electron chi connectivity index (χ1n) is 3.64. The lowest BCUT2D eigenvalue weighted by atomic mass is 10.6. The maximum absolute atomic E-state index is 10.8. The first kappa shape index (κ1) is 11.9. The third kappa shape index (κ3) is 5.15. The summed E-state index contributed by atoms with van der Waals surface area (Å²) in [5.41, 5.74) is 0. The zero-order valence-electron chi connectivity index (χ0n) is 7.48. The summed E-state index contributed by atoms with van der Waals surface area (Å²) in [6.45, 7) is 1.79. The molecule has 0 aliphatic carbocycles. The van der Waals surface area contributed by atoms with Crippen LogP contribution in [0.4, 0.5) is 0 Å². The van der Waals surface area contributed by atoms with Crippen LogP contribution in [0.5, 0.6) is 0 Å². The molecule has 0 saturated carbocycles. The van der Waals surface area contributed by atoms with E-state index >= 15 is 0 Å². The fourth-order valence-corrected chi connectivity index (χ4v) is 0.538. The standard InChI is InChI=1S/C7H12O6/c1-3-12-4-5(8)13-7(11-2)6(9)10/h7H,3-4H2,1-2H3,(H,9,10). The SMILES string of the molecule is CCOCC(=O)OC(OC)C(=O)O. The lowest BCUT2D eigenvalue weighted by Crippen LogP contribution is -2.30. The summed E-state index contributed by atoms with van der Waals surface area (Å²) in [4.78, 5) is 21.1. The molecule has 1 unspecified atom stereocenters. The Morgan fingerprint density at radius 3 is 2.46 bits per heavy atom. The van der Waals surface area contributed by atoms with Crippen molar-refractivity contribution in [3.63, 3.8) is 0 Å². The second kappa shape index (κ2) is 6.38. The van der Waals surface area contributed by atoms with Crippen molar-refractivity contribution in [1.82, 2.24) is 0 Å². The fraction of sp³-hybridized carbons (Fsp3) is 0.714. The Labute approximate surface area is 75.4 Å². The van der Waals surface area contributed by atoms with Crippen molar-refractivity contribution < 1.29 is 28.9 Å². The summed E-state index contributed by atoms with van der Waals surface area (Å²) in [6.07, 6.45) is -1.56. The Balaban J connectivity index is 3.80. The molecular weight excluding hydrogens is 180 g/mol. The number of aliphatic carboxylic acids is 1. The second-order valence-electron chi connectivity index (χ2n) is 2.03. The number of ether oxygens (including phenoxy) is 3. The number of carboxylic acid groups (broad SMARTS) is 1. The maximum Gasteiger partial charge on any atom is 0.374 e. The molecule has 0 aliphatic rings. The van der Waals surface area contributed by atoms with Gasteiger partial charge in [-0.2, -0.15) is 0 Å². The highest BCUT2D eigenvalue weighted by molar-refractivity contribution is 5.77. The summed E-state index contributed by atoms with van der Waals surface area (Å²) < 4.78 is 13.4. The van der Waals surface area contributed by atoms with Gasteiger partial charge < -0.3 is 19.3 Å². The molecule has 0 aliphatic heterocycles. The van der Waals surface area contributed by atoms with Gasteiger partial charge in [-0.1, -0.05) is 0 Å². The highest BCUT2D eigenvalue weighted by atomic mass is 16.7. The van der Waals surface area contributed by atoms with E-state index in [1.54, 1.807) is 6.92 Å². The van der Waals surface area contributed by atoms with Gasteiger partial charge >= 0.3 is 18.2 Å². The number of hydrogen-bond acceptors (Lipinski definition) is 5. The summed E-state index contributed by atoms with van der Waals surface area (Å²) >= 11 is 0. The first-order chi connectivity index (χ1) is 6.11. The van der Waals surface area contributed by atoms with Crippen LogP contribution in [0.1, 0.15) is 6.92 Å². The summed E-state index contributed by atoms with van der Waals surface area (Å²) in [5, 5.41) is 8.40. The molecule has 0 bridgehead atoms. The predicted octanol–water partition coefficient (Wildman–Crippen LogP) is -0.377. The maximum atomic E-state index is 10.8. The molecule has 6 heteroatoms. The number of methoxy groups -OCH3 is 1. The van der Waals surface area contributed by atoms with Crippen molar-refractivity contribution in [3.8, 4) is 0 Å². The molecule has 1 N–H and O–H groups in total. The molecule has 0 aromatic rings. The van der Waals surface area contributed by atoms with Crippen LogP contribution in [0.2, 0.25) is 0 Å². The van der Waals surface area contributed by atoms with E-state index in [4.69, 9.17) is 9.84 Å². The minimum Gasteiger partial charge on any atom is -0.477 e. The minimum absolute atomic E-state index is 0.274. The molecule has 0 spiro atoms. The topological polar surface area (TPSA) is 82.1 Å². The van der Waals surface area contributed by atoms with Crippen molar-refractivity contribution in [2.24, 2.45) is 0 Å². The molecule has 0 fully saturated rings. The zero-order chi connectivity index (χ0) is 10.3. The van der Waals surface area contributed by atoms with E-state index in [9.17, 15) is 9.59 Å². The third-order valence-corrected chi connectivity index (χ3v) is 1.08. The number of carboxylic acids is 1. The monoisotopic (exact) mass is 192 g/mol. The van der Waals surface area contributed by atoms with Crippen molar-refractivity contribution in [1.29, 1.82) is 0 Å². The van der Waals surface area contributed by atoms with Gasteiger partial charge in [0.25, 0.3) is 0 Å². The normalized spacial score (nSPS) is 12.2. The summed E-state index contributed by atoms with van der Waals surface area (Å²) in [5.74, 6) is -2.12. The van der Waals surface area contributed by atoms with Crippen LogP contribution < -0.4 is 0 Å². The average molecular weight is 192 g/mol. The van der Waals surface area contributed by atoms with E-state index in [0.29, 0.717) is 6.61 Å². The molecular formula is C7H12O6. The molecule has 13 heavy (non-hydrogen) atoms. The highest BCUT2D eigenvalue weighted by Gasteiger charge is 2.20. The van der Waals surface area contributed by atoms with Crippen LogP contribution in [-0.2, 0) is 23.8 Å². The molecule has 0 radical (unpaired) electrons. The van der Waals surface area contributed by atoms with Crippen LogP contribution in [0.25, 0.3) is 0 Å². The van der Waals surface area contributed by atoms with Gasteiger partial charge in [0.1, 0.15) is 6.61 Å². The van der Waals surface area contributed by atoms with Crippen LogP contribution in [0.15, 0.2) is 0 Å². The quantitative estimate of drug-likeness (QED) is 0.456. The average Bonchev–Trinajstić information content (AvgIpc) is 2.10. The number of esters is 1. The number of carbonyl (C=O) groups excluding carboxylic acids is 1. The lowest BCUT2D eigenvalue weighted by Gasteiger charge is -2.10. The van der Waals surface area contributed by atoms with E-state index in [-0.39, 0.29) is 6.61 Å². The highest BCUT2D eigenvalue weighted by Crippen LogP contribution is 1.94. The summed E-state index contributed by atoms with van der Waals surface area (Å²) in [6, 6.07) is 0. The van der Waals surface area contributed by atoms with E-state index in [2.05, 4.69) is 9.47 Å². The molecule has 0 saturated heterocycles. The van der Waals surface area contributed by atoms with Gasteiger partial charge in [0.2, 0.25) is 0 Å². The Morgan fingerprint density at radius 1 is 1.46 bits per heavy atom. The fourth-order valence-electron chi connectivity index (χ4n) is 0.538. The molecule has 0 rings (SSSR count). The molecule has 1 atom stereocenters. The van der Waals surface area contributed by atoms with E-state index in [1.165, 1.54) is 0 Å². The first-order valence-corrected chi connectivity index (χ1v) is 3.64. The third-order valence-electron chi connectivity index (χ3n) is 1.08. The predicted molar refractivity (Wildman–Crippen MR) is 41.0 cm³/mol. The number of hydrogen-bond donors (Lipinski definition) is 1. The Hall–Kier alpha value is -1.14. The zero-order valence-corrected chi connectivity index (χ0v) is 7.48. The molecule has 0 amide bonds. The van der Waals surface area contributed by atoms with Gasteiger partial charge in [-0.3, -0.25) is 0 Å². The van der Waals surface area contributed by atoms with Crippen LogP contribution >= 0.6 is 0 Å². The van der Waals surface area contributed by atoms with Gasteiger partial charge in [-0.25, -0.2) is 9.59 Å². The largest absolute Gasteiger partial charge is 0.477 e. The van der Waals surface area contributed by atoms with Gasteiger partial charge in [0.05, 0.1) is 0 Å². The van der Waals surface area contributed by atoms with E-state index in [1.807, 2.05) is 0 Å². The Bertz CT molecular complexity index is 178. The van der Waals surface area contributed by atoms with Gasteiger partial charge in [-0.05, 0) is 6.92 Å². The smallest absolute Gasteiger partial charge is 0.374 e. The molecule has 0 aromatic carbocycles.